The number of nitrogens with zero attached hydrogens (tertiary/aromatic N) is 1. The molecule has 2 amide bonds. The molecule has 1 aliphatic carbocycles. The smallest absolute Gasteiger partial charge is 0.242 e. The average Bonchev–Trinajstić information content (AvgIpc) is 3.56. The molecule has 2 unspecified atom stereocenters. The van der Waals surface area contributed by atoms with Crippen molar-refractivity contribution in [3.63, 3.8) is 0 Å². The first-order valence-electron chi connectivity index (χ1n) is 11.3. The van der Waals surface area contributed by atoms with Gasteiger partial charge in [-0.2, -0.15) is 0 Å². The molecule has 2 aliphatic rings. The molecule has 3 aromatic rings. The second-order valence-electron chi connectivity index (χ2n) is 9.31. The van der Waals surface area contributed by atoms with Gasteiger partial charge in [0.2, 0.25) is 11.8 Å². The van der Waals surface area contributed by atoms with Crippen LogP contribution >= 0.6 is 0 Å². The molecule has 1 aliphatic heterocycles. The van der Waals surface area contributed by atoms with Crippen LogP contribution in [0.2, 0.25) is 0 Å². The highest BCUT2D eigenvalue weighted by molar-refractivity contribution is 5.98. The maximum Gasteiger partial charge on any atom is 0.242 e. The summed E-state index contributed by atoms with van der Waals surface area (Å²) in [5, 5.41) is 7.23. The van der Waals surface area contributed by atoms with Gasteiger partial charge in [0, 0.05) is 28.9 Å². The number of para-hydroxylation sites is 1. The molecule has 2 heterocycles. The highest BCUT2D eigenvalue weighted by atomic mass is 16.5. The predicted molar refractivity (Wildman–Crippen MR) is 127 cm³/mol. The summed E-state index contributed by atoms with van der Waals surface area (Å²) < 4.78 is 6.00. The van der Waals surface area contributed by atoms with Crippen LogP contribution in [0.25, 0.3) is 10.9 Å². The Balaban J connectivity index is 1.22. The molecular weight excluding hydrogens is 416 g/mol. The summed E-state index contributed by atoms with van der Waals surface area (Å²) in [7, 11) is 0. The van der Waals surface area contributed by atoms with E-state index in [2.05, 4.69) is 15.6 Å². The van der Waals surface area contributed by atoms with Crippen molar-refractivity contribution < 1.29 is 14.3 Å². The van der Waals surface area contributed by atoms with E-state index in [-0.39, 0.29) is 11.3 Å². The van der Waals surface area contributed by atoms with E-state index < -0.39 is 17.9 Å². The number of amides is 2. The zero-order valence-electron chi connectivity index (χ0n) is 18.6. The number of piperidine rings is 1. The number of ether oxygens (including phenoxy) is 1. The number of nitrogens with two attached hydrogens (primary N) is 1. The summed E-state index contributed by atoms with van der Waals surface area (Å²) in [5.74, 6) is -0.437. The number of carbonyl (C=O) groups is 2. The summed E-state index contributed by atoms with van der Waals surface area (Å²) >= 11 is 0. The van der Waals surface area contributed by atoms with Crippen LogP contribution in [0.1, 0.15) is 30.5 Å². The minimum atomic E-state index is -0.604. The third-order valence-electron chi connectivity index (χ3n) is 6.80. The predicted octanol–water partition coefficient (Wildman–Crippen LogP) is 3.30. The van der Waals surface area contributed by atoms with Crippen LogP contribution in [0, 0.1) is 18.3 Å². The van der Waals surface area contributed by atoms with Crippen molar-refractivity contribution in [2.45, 2.75) is 38.8 Å². The van der Waals surface area contributed by atoms with Gasteiger partial charge in [-0.3, -0.25) is 14.6 Å². The van der Waals surface area contributed by atoms with Crippen molar-refractivity contribution in [1.82, 2.24) is 10.3 Å². The molecule has 170 valence electrons. The van der Waals surface area contributed by atoms with Gasteiger partial charge in [0.05, 0.1) is 17.5 Å². The first kappa shape index (κ1) is 21.4. The number of hydrogen-bond acceptors (Lipinski definition) is 5. The number of anilines is 1. The lowest BCUT2D eigenvalue weighted by molar-refractivity contribution is -0.130. The van der Waals surface area contributed by atoms with Gasteiger partial charge in [-0.05, 0) is 68.0 Å². The second-order valence-corrected chi connectivity index (χ2v) is 9.31. The molecule has 4 N–H and O–H groups in total. The summed E-state index contributed by atoms with van der Waals surface area (Å²) in [6, 6.07) is 16.7. The zero-order chi connectivity index (χ0) is 23.0. The van der Waals surface area contributed by atoms with Crippen LogP contribution in [-0.2, 0) is 16.2 Å². The van der Waals surface area contributed by atoms with Gasteiger partial charge in [-0.25, -0.2) is 0 Å². The molecule has 2 fully saturated rings. The van der Waals surface area contributed by atoms with Crippen LogP contribution in [-0.4, -0.2) is 29.4 Å². The third-order valence-corrected chi connectivity index (χ3v) is 6.80. The number of hydrogen-bond donors (Lipinski definition) is 3. The van der Waals surface area contributed by atoms with E-state index in [1.807, 2.05) is 49.4 Å². The van der Waals surface area contributed by atoms with Gasteiger partial charge < -0.3 is 21.1 Å². The summed E-state index contributed by atoms with van der Waals surface area (Å²) in [4.78, 5) is 29.4. The van der Waals surface area contributed by atoms with E-state index >= 15 is 0 Å². The van der Waals surface area contributed by atoms with Crippen LogP contribution in [0.5, 0.6) is 5.75 Å². The molecule has 33 heavy (non-hydrogen) atoms. The fourth-order valence-electron chi connectivity index (χ4n) is 4.75. The Labute approximate surface area is 192 Å². The molecule has 5 rings (SSSR count). The number of pyridine rings is 1. The van der Waals surface area contributed by atoms with E-state index in [1.165, 1.54) is 0 Å². The van der Waals surface area contributed by atoms with E-state index in [0.717, 1.165) is 41.5 Å². The molecule has 7 heteroatoms. The average molecular weight is 445 g/mol. The number of aryl methyl sites for hydroxylation is 1. The second kappa shape index (κ2) is 8.48. The van der Waals surface area contributed by atoms with Gasteiger partial charge in [0.25, 0.3) is 0 Å². The number of primary amides is 1. The molecule has 1 spiro atoms. The first-order chi connectivity index (χ1) is 15.9. The van der Waals surface area contributed by atoms with E-state index in [4.69, 9.17) is 10.5 Å². The van der Waals surface area contributed by atoms with Crippen molar-refractivity contribution in [2.75, 3.05) is 11.9 Å². The van der Waals surface area contributed by atoms with Crippen LogP contribution in [0.3, 0.4) is 0 Å². The Morgan fingerprint density at radius 1 is 1.18 bits per heavy atom. The lowest BCUT2D eigenvalue weighted by Gasteiger charge is -2.34. The topological polar surface area (TPSA) is 106 Å². The third kappa shape index (κ3) is 4.54. The van der Waals surface area contributed by atoms with Crippen molar-refractivity contribution >= 4 is 28.4 Å². The van der Waals surface area contributed by atoms with Gasteiger partial charge in [0.15, 0.2) is 0 Å². The Kier molecular flexibility index (Phi) is 5.50. The van der Waals surface area contributed by atoms with Crippen LogP contribution in [0.15, 0.2) is 54.6 Å². The fourth-order valence-corrected chi connectivity index (χ4v) is 4.75. The molecule has 7 nitrogen and oxygen atoms in total. The van der Waals surface area contributed by atoms with E-state index in [1.54, 1.807) is 12.1 Å². The molecule has 0 radical (unpaired) electrons. The first-order valence-corrected chi connectivity index (χ1v) is 11.3. The number of nitrogens with one attached hydrogen (secondary N) is 2. The van der Waals surface area contributed by atoms with Crippen molar-refractivity contribution in [3.8, 4) is 5.75 Å². The Hall–Kier alpha value is -3.45. The molecule has 2 aromatic carbocycles. The highest BCUT2D eigenvalue weighted by Gasteiger charge is 2.51. The van der Waals surface area contributed by atoms with Crippen molar-refractivity contribution in [2.24, 2.45) is 17.1 Å². The lowest BCUT2D eigenvalue weighted by Crippen LogP contribution is -2.56. The molecular formula is C26H28N4O3. The molecule has 1 saturated carbocycles. The lowest BCUT2D eigenvalue weighted by atomic mass is 9.81. The number of fused-ring (bicyclic) bond motifs is 1. The van der Waals surface area contributed by atoms with Crippen LogP contribution < -0.4 is 21.1 Å². The summed E-state index contributed by atoms with van der Waals surface area (Å²) in [5.41, 5.74) is 9.38. The van der Waals surface area contributed by atoms with Gasteiger partial charge >= 0.3 is 0 Å². The summed E-state index contributed by atoms with van der Waals surface area (Å²) in [6.07, 6.45) is 2.87. The quantitative estimate of drug-likeness (QED) is 0.541. The minimum Gasteiger partial charge on any atom is -0.489 e. The van der Waals surface area contributed by atoms with Crippen molar-refractivity contribution in [1.29, 1.82) is 0 Å². The number of rotatable bonds is 6. The van der Waals surface area contributed by atoms with Gasteiger partial charge in [-0.15, -0.1) is 0 Å². The Bertz CT molecular complexity index is 1200. The van der Waals surface area contributed by atoms with E-state index in [0.29, 0.717) is 24.5 Å². The van der Waals surface area contributed by atoms with Gasteiger partial charge in [-0.1, -0.05) is 18.2 Å². The Morgan fingerprint density at radius 3 is 2.67 bits per heavy atom. The number of benzene rings is 2. The Morgan fingerprint density at radius 2 is 1.94 bits per heavy atom. The number of aromatic nitrogens is 1. The van der Waals surface area contributed by atoms with Gasteiger partial charge in [0.1, 0.15) is 12.4 Å². The fraction of sp³-hybridized carbons (Fsp3) is 0.346. The molecule has 1 aromatic heterocycles. The monoisotopic (exact) mass is 444 g/mol. The minimum absolute atomic E-state index is 0.161. The zero-order valence-corrected chi connectivity index (χ0v) is 18.6. The highest BCUT2D eigenvalue weighted by Crippen LogP contribution is 2.52. The standard InChI is InChI=1S/C26H28N4O3/c1-16-12-17(20-4-2-3-5-22(20)29-16)14-33-19-8-6-18(7-9-19)30-25(32)23-21(24(27)31)13-26(10-11-26)15-28-23/h2-9,12,21,23,28H,10-11,13-15H2,1H3,(H2,27,31)(H,30,32). The summed E-state index contributed by atoms with van der Waals surface area (Å²) in [6.45, 7) is 3.15. The van der Waals surface area contributed by atoms with Crippen LogP contribution in [0.4, 0.5) is 5.69 Å². The largest absolute Gasteiger partial charge is 0.489 e. The molecule has 2 atom stereocenters. The number of carbonyl (C=O) groups excluding carboxylic acids is 2. The maximum absolute atomic E-state index is 12.8. The van der Waals surface area contributed by atoms with E-state index in [9.17, 15) is 9.59 Å². The van der Waals surface area contributed by atoms with Crippen molar-refractivity contribution in [3.05, 3.63) is 65.9 Å². The SMILES string of the molecule is Cc1cc(COc2ccc(NC(=O)C3NCC4(CC4)CC3C(N)=O)cc2)c2ccccc2n1. The molecule has 0 bridgehead atoms. The normalized spacial score (nSPS) is 21.0. The molecule has 1 saturated heterocycles. The maximum atomic E-state index is 12.8.